The molecular formula is C18H13ClN4O3. The summed E-state index contributed by atoms with van der Waals surface area (Å²) in [5, 5.41) is 5.19. The molecule has 7 nitrogen and oxygen atoms in total. The molecule has 8 heteroatoms. The molecule has 2 N–H and O–H groups in total. The fourth-order valence-corrected chi connectivity index (χ4v) is 2.94. The zero-order valence-electron chi connectivity index (χ0n) is 13.6. The van der Waals surface area contributed by atoms with Crippen LogP contribution in [0.1, 0.15) is 5.56 Å². The average molecular weight is 369 g/mol. The van der Waals surface area contributed by atoms with Gasteiger partial charge in [-0.15, -0.1) is 4.68 Å². The summed E-state index contributed by atoms with van der Waals surface area (Å²) >= 11 is 6.06. The molecule has 0 radical (unpaired) electrons. The zero-order valence-corrected chi connectivity index (χ0v) is 14.4. The number of aromatic amines is 2. The Balaban J connectivity index is 1.91. The van der Waals surface area contributed by atoms with Crippen LogP contribution in [-0.2, 0) is 0 Å². The summed E-state index contributed by atoms with van der Waals surface area (Å²) in [7, 11) is 1.56. The van der Waals surface area contributed by atoms with E-state index >= 15 is 0 Å². The molecule has 26 heavy (non-hydrogen) atoms. The van der Waals surface area contributed by atoms with E-state index in [1.165, 1.54) is 6.21 Å². The number of ether oxygens (including phenoxy) is 1. The van der Waals surface area contributed by atoms with Crippen LogP contribution in [0.4, 0.5) is 0 Å². The van der Waals surface area contributed by atoms with Gasteiger partial charge < -0.3 is 14.7 Å². The number of aromatic nitrogens is 3. The lowest BCUT2D eigenvalue weighted by atomic mass is 10.2. The first-order chi connectivity index (χ1) is 12.6. The summed E-state index contributed by atoms with van der Waals surface area (Å²) in [6.07, 6.45) is 1.37. The van der Waals surface area contributed by atoms with E-state index < -0.39 is 11.2 Å². The van der Waals surface area contributed by atoms with Crippen molar-refractivity contribution in [2.24, 2.45) is 5.10 Å². The number of methoxy groups -OCH3 is 1. The molecule has 4 aromatic rings. The van der Waals surface area contributed by atoms with Crippen LogP contribution in [0.15, 0.2) is 57.2 Å². The minimum Gasteiger partial charge on any atom is -0.497 e. The van der Waals surface area contributed by atoms with E-state index in [-0.39, 0.29) is 5.52 Å². The number of H-pyrrole nitrogens is 2. The number of hydrogen-bond donors (Lipinski definition) is 2. The van der Waals surface area contributed by atoms with E-state index in [2.05, 4.69) is 15.1 Å². The standard InChI is InChI=1S/C18H13ClN4O3/c1-26-11-6-7-12-14(8-11)21-16-15(12)22-18(25)23(17(16)24)20-9-10-4-2-3-5-13(10)19/h2-9,21H,1H3,(H,22,25). The van der Waals surface area contributed by atoms with Gasteiger partial charge in [-0.2, -0.15) is 5.10 Å². The lowest BCUT2D eigenvalue weighted by molar-refractivity contribution is 0.415. The van der Waals surface area contributed by atoms with Gasteiger partial charge in [0.2, 0.25) is 0 Å². The summed E-state index contributed by atoms with van der Waals surface area (Å²) in [5.74, 6) is 0.642. The summed E-state index contributed by atoms with van der Waals surface area (Å²) in [6.45, 7) is 0. The van der Waals surface area contributed by atoms with Crippen LogP contribution in [-0.4, -0.2) is 28.0 Å². The summed E-state index contributed by atoms with van der Waals surface area (Å²) < 4.78 is 5.95. The Morgan fingerprint density at radius 1 is 1.12 bits per heavy atom. The first-order valence-electron chi connectivity index (χ1n) is 7.72. The van der Waals surface area contributed by atoms with Gasteiger partial charge in [0.25, 0.3) is 0 Å². The van der Waals surface area contributed by atoms with Crippen LogP contribution in [0.2, 0.25) is 5.02 Å². The third-order valence-corrected chi connectivity index (χ3v) is 4.40. The Morgan fingerprint density at radius 3 is 2.69 bits per heavy atom. The van der Waals surface area contributed by atoms with Gasteiger partial charge in [0.05, 0.1) is 24.4 Å². The number of benzene rings is 2. The highest BCUT2D eigenvalue weighted by Gasteiger charge is 2.13. The van der Waals surface area contributed by atoms with Crippen LogP contribution in [0.25, 0.3) is 21.9 Å². The molecule has 0 bridgehead atoms. The van der Waals surface area contributed by atoms with E-state index in [1.807, 2.05) is 0 Å². The highest BCUT2D eigenvalue weighted by atomic mass is 35.5. The van der Waals surface area contributed by atoms with Crippen molar-refractivity contribution in [3.05, 3.63) is 73.9 Å². The number of hydrogen-bond acceptors (Lipinski definition) is 4. The van der Waals surface area contributed by atoms with Gasteiger partial charge in [0.1, 0.15) is 11.3 Å². The normalized spacial score (nSPS) is 11.6. The van der Waals surface area contributed by atoms with Gasteiger partial charge in [-0.1, -0.05) is 29.8 Å². The molecule has 0 aliphatic heterocycles. The number of halogens is 1. The molecule has 0 aliphatic carbocycles. The van der Waals surface area contributed by atoms with E-state index in [4.69, 9.17) is 16.3 Å². The monoisotopic (exact) mass is 368 g/mol. The Morgan fingerprint density at radius 2 is 1.92 bits per heavy atom. The van der Waals surface area contributed by atoms with Crippen LogP contribution in [0, 0.1) is 0 Å². The molecule has 130 valence electrons. The molecule has 0 fully saturated rings. The topological polar surface area (TPSA) is 92.2 Å². The molecule has 0 spiro atoms. The van der Waals surface area contributed by atoms with Crippen molar-refractivity contribution >= 4 is 39.8 Å². The molecular weight excluding hydrogens is 356 g/mol. The van der Waals surface area contributed by atoms with E-state index in [0.29, 0.717) is 27.4 Å². The largest absolute Gasteiger partial charge is 0.497 e. The first kappa shape index (κ1) is 16.2. The maximum absolute atomic E-state index is 12.7. The maximum atomic E-state index is 12.7. The van der Waals surface area contributed by atoms with Crippen molar-refractivity contribution in [1.29, 1.82) is 0 Å². The molecule has 0 atom stereocenters. The van der Waals surface area contributed by atoms with Gasteiger partial charge in [-0.05, 0) is 18.2 Å². The fourth-order valence-electron chi connectivity index (χ4n) is 2.76. The highest BCUT2D eigenvalue weighted by molar-refractivity contribution is 6.33. The van der Waals surface area contributed by atoms with Crippen molar-refractivity contribution in [2.75, 3.05) is 7.11 Å². The van der Waals surface area contributed by atoms with Crippen molar-refractivity contribution in [3.63, 3.8) is 0 Å². The predicted octanol–water partition coefficient (Wildman–Crippen LogP) is 2.72. The van der Waals surface area contributed by atoms with Gasteiger partial charge >= 0.3 is 11.2 Å². The Labute approximate surface area is 151 Å². The molecule has 0 saturated carbocycles. The number of nitrogens with one attached hydrogen (secondary N) is 2. The first-order valence-corrected chi connectivity index (χ1v) is 8.10. The van der Waals surface area contributed by atoms with Crippen molar-refractivity contribution in [3.8, 4) is 5.75 Å². The third-order valence-electron chi connectivity index (χ3n) is 4.05. The van der Waals surface area contributed by atoms with E-state index in [1.54, 1.807) is 49.6 Å². The summed E-state index contributed by atoms with van der Waals surface area (Å²) in [4.78, 5) is 30.8. The second-order valence-electron chi connectivity index (χ2n) is 5.60. The quantitative estimate of drug-likeness (QED) is 0.544. The molecule has 2 aromatic heterocycles. The van der Waals surface area contributed by atoms with Gasteiger partial charge in [0.15, 0.2) is 0 Å². The van der Waals surface area contributed by atoms with Crippen LogP contribution in [0.5, 0.6) is 5.75 Å². The second-order valence-corrected chi connectivity index (χ2v) is 6.01. The average Bonchev–Trinajstić information content (AvgIpc) is 3.00. The van der Waals surface area contributed by atoms with Crippen LogP contribution in [0.3, 0.4) is 0 Å². The van der Waals surface area contributed by atoms with Crippen LogP contribution < -0.4 is 16.0 Å². The molecule has 0 unspecified atom stereocenters. The smallest absolute Gasteiger partial charge is 0.350 e. The second kappa shape index (κ2) is 6.20. The molecule has 0 saturated heterocycles. The van der Waals surface area contributed by atoms with Crippen molar-refractivity contribution < 1.29 is 4.74 Å². The van der Waals surface area contributed by atoms with Crippen LogP contribution >= 0.6 is 11.6 Å². The van der Waals surface area contributed by atoms with Gasteiger partial charge in [-0.25, -0.2) is 4.79 Å². The van der Waals surface area contributed by atoms with E-state index in [0.717, 1.165) is 10.1 Å². The maximum Gasteiger partial charge on any atom is 0.350 e. The molecule has 0 amide bonds. The number of rotatable bonds is 3. The van der Waals surface area contributed by atoms with Crippen molar-refractivity contribution in [2.45, 2.75) is 0 Å². The fraction of sp³-hybridized carbons (Fsp3) is 0.0556. The van der Waals surface area contributed by atoms with E-state index in [9.17, 15) is 9.59 Å². The predicted molar refractivity (Wildman–Crippen MR) is 102 cm³/mol. The molecule has 0 aliphatic rings. The molecule has 2 heterocycles. The lowest BCUT2D eigenvalue weighted by Crippen LogP contribution is -2.32. The Bertz CT molecular complexity index is 1280. The molecule has 4 rings (SSSR count). The summed E-state index contributed by atoms with van der Waals surface area (Å²) in [5.41, 5.74) is 0.776. The number of nitrogens with zero attached hydrogens (tertiary/aromatic N) is 2. The highest BCUT2D eigenvalue weighted by Crippen LogP contribution is 2.24. The van der Waals surface area contributed by atoms with Gasteiger partial charge in [0, 0.05) is 22.0 Å². The minimum atomic E-state index is -0.637. The Kier molecular flexibility index (Phi) is 3.85. The van der Waals surface area contributed by atoms with Gasteiger partial charge in [-0.3, -0.25) is 4.79 Å². The Hall–Kier alpha value is -3.32. The van der Waals surface area contributed by atoms with Crippen molar-refractivity contribution in [1.82, 2.24) is 14.6 Å². The third kappa shape index (κ3) is 2.58. The number of fused-ring (bicyclic) bond motifs is 3. The minimum absolute atomic E-state index is 0.254. The zero-order chi connectivity index (χ0) is 18.3. The summed E-state index contributed by atoms with van der Waals surface area (Å²) in [6, 6.07) is 12.3. The SMILES string of the molecule is COc1ccc2c(c1)[nH]c1c(=O)n(N=Cc3ccccc3Cl)c(=O)[nH]c12. The molecule has 2 aromatic carbocycles. The lowest BCUT2D eigenvalue weighted by Gasteiger charge is -1.99.